The van der Waals surface area contributed by atoms with Crippen molar-refractivity contribution in [1.29, 1.82) is 0 Å². The number of nitrogens with two attached hydrogens (primary N) is 1. The predicted octanol–water partition coefficient (Wildman–Crippen LogP) is 3.58. The van der Waals surface area contributed by atoms with Gasteiger partial charge >= 0.3 is 0 Å². The Kier molecular flexibility index (Phi) is 4.88. The second-order valence-electron chi connectivity index (χ2n) is 5.09. The second kappa shape index (κ2) is 6.64. The highest BCUT2D eigenvalue weighted by Crippen LogP contribution is 2.32. The van der Waals surface area contributed by atoms with E-state index in [2.05, 4.69) is 4.90 Å². The zero-order valence-corrected chi connectivity index (χ0v) is 11.6. The second-order valence-corrected chi connectivity index (χ2v) is 5.09. The largest absolute Gasteiger partial charge is 0.490 e. The van der Waals surface area contributed by atoms with Gasteiger partial charge in [0, 0.05) is 25.2 Å². The van der Waals surface area contributed by atoms with Crippen molar-refractivity contribution < 1.29 is 9.13 Å². The van der Waals surface area contributed by atoms with Crippen LogP contribution in [-0.2, 0) is 0 Å². The Morgan fingerprint density at radius 1 is 1.21 bits per heavy atom. The first-order chi connectivity index (χ1) is 9.22. The Labute approximate surface area is 114 Å². The molecule has 1 aromatic rings. The van der Waals surface area contributed by atoms with Crippen molar-refractivity contribution in [1.82, 2.24) is 0 Å². The van der Waals surface area contributed by atoms with E-state index >= 15 is 0 Å². The van der Waals surface area contributed by atoms with Crippen LogP contribution in [0.25, 0.3) is 0 Å². The molecule has 4 heteroatoms. The fourth-order valence-corrected chi connectivity index (χ4v) is 2.47. The van der Waals surface area contributed by atoms with Crippen LogP contribution < -0.4 is 15.4 Å². The number of nitrogen functional groups attached to an aromatic ring is 1. The summed E-state index contributed by atoms with van der Waals surface area (Å²) in [6, 6.07) is 3.14. The summed E-state index contributed by atoms with van der Waals surface area (Å²) in [5.41, 5.74) is 7.38. The van der Waals surface area contributed by atoms with Crippen LogP contribution in [0.4, 0.5) is 15.8 Å². The predicted molar refractivity (Wildman–Crippen MR) is 77.3 cm³/mol. The van der Waals surface area contributed by atoms with E-state index in [-0.39, 0.29) is 5.82 Å². The van der Waals surface area contributed by atoms with E-state index in [1.54, 1.807) is 6.07 Å². The summed E-state index contributed by atoms with van der Waals surface area (Å²) in [7, 11) is 0. The average Bonchev–Trinajstić information content (AvgIpc) is 2.66. The summed E-state index contributed by atoms with van der Waals surface area (Å²) in [5, 5.41) is 0. The van der Waals surface area contributed by atoms with E-state index in [1.165, 1.54) is 31.7 Å². The molecule has 0 saturated carbocycles. The Hall–Kier alpha value is -1.45. The average molecular weight is 266 g/mol. The summed E-state index contributed by atoms with van der Waals surface area (Å²) in [4.78, 5) is 2.25. The van der Waals surface area contributed by atoms with Crippen molar-refractivity contribution in [3.63, 3.8) is 0 Å². The Balaban J connectivity index is 2.22. The van der Waals surface area contributed by atoms with Crippen molar-refractivity contribution in [3.05, 3.63) is 17.9 Å². The summed E-state index contributed by atoms with van der Waals surface area (Å²) in [6.45, 7) is 4.51. The van der Waals surface area contributed by atoms with Crippen LogP contribution in [-0.4, -0.2) is 19.7 Å². The van der Waals surface area contributed by atoms with E-state index in [0.29, 0.717) is 18.0 Å². The van der Waals surface area contributed by atoms with Gasteiger partial charge in [0.15, 0.2) is 11.6 Å². The molecule has 0 aliphatic carbocycles. The highest BCUT2D eigenvalue weighted by atomic mass is 19.1. The fraction of sp³-hybridized carbons (Fsp3) is 0.600. The minimum Gasteiger partial charge on any atom is -0.490 e. The highest BCUT2D eigenvalue weighted by molar-refractivity contribution is 5.70. The standard InChI is InChI=1S/C15H23FN2O/c1-2-9-19-15-11-14(13(17)10-12(15)16)18-7-5-3-4-6-8-18/h10-11H,2-9,17H2,1H3. The first-order valence-corrected chi connectivity index (χ1v) is 7.19. The van der Waals surface area contributed by atoms with Gasteiger partial charge in [-0.3, -0.25) is 0 Å². The van der Waals surface area contributed by atoms with Gasteiger partial charge in [-0.1, -0.05) is 19.8 Å². The van der Waals surface area contributed by atoms with Crippen LogP contribution in [0.2, 0.25) is 0 Å². The van der Waals surface area contributed by atoms with E-state index in [4.69, 9.17) is 10.5 Å². The topological polar surface area (TPSA) is 38.5 Å². The summed E-state index contributed by atoms with van der Waals surface area (Å²) < 4.78 is 19.2. The zero-order valence-electron chi connectivity index (χ0n) is 11.6. The van der Waals surface area contributed by atoms with Gasteiger partial charge in [-0.05, 0) is 19.3 Å². The van der Waals surface area contributed by atoms with Crippen molar-refractivity contribution in [2.75, 3.05) is 30.3 Å². The molecule has 2 N–H and O–H groups in total. The van der Waals surface area contributed by atoms with Crippen LogP contribution in [0.15, 0.2) is 12.1 Å². The summed E-state index contributed by atoms with van der Waals surface area (Å²) in [6.07, 6.45) is 5.72. The molecule has 1 aromatic carbocycles. The lowest BCUT2D eigenvalue weighted by Crippen LogP contribution is -2.25. The zero-order chi connectivity index (χ0) is 13.7. The van der Waals surface area contributed by atoms with Gasteiger partial charge in [0.2, 0.25) is 0 Å². The molecule has 3 nitrogen and oxygen atoms in total. The van der Waals surface area contributed by atoms with Gasteiger partial charge in [-0.25, -0.2) is 4.39 Å². The summed E-state index contributed by atoms with van der Waals surface area (Å²) >= 11 is 0. The number of nitrogens with zero attached hydrogens (tertiary/aromatic N) is 1. The Morgan fingerprint density at radius 3 is 2.53 bits per heavy atom. The fourth-order valence-electron chi connectivity index (χ4n) is 2.47. The number of hydrogen-bond donors (Lipinski definition) is 1. The normalized spacial score (nSPS) is 16.2. The number of anilines is 2. The Bertz CT molecular complexity index is 415. The maximum Gasteiger partial charge on any atom is 0.167 e. The van der Waals surface area contributed by atoms with Gasteiger partial charge in [0.1, 0.15) is 0 Å². The lowest BCUT2D eigenvalue weighted by Gasteiger charge is -2.25. The maximum absolute atomic E-state index is 13.8. The summed E-state index contributed by atoms with van der Waals surface area (Å²) in [5.74, 6) is -0.0557. The number of benzene rings is 1. The van der Waals surface area contributed by atoms with Gasteiger partial charge in [0.25, 0.3) is 0 Å². The van der Waals surface area contributed by atoms with Crippen molar-refractivity contribution in [2.24, 2.45) is 0 Å². The van der Waals surface area contributed by atoms with E-state index in [0.717, 1.165) is 25.2 Å². The molecule has 19 heavy (non-hydrogen) atoms. The number of ether oxygens (including phenoxy) is 1. The molecule has 1 fully saturated rings. The molecule has 106 valence electrons. The van der Waals surface area contributed by atoms with E-state index < -0.39 is 0 Å². The molecule has 1 aliphatic heterocycles. The quantitative estimate of drug-likeness (QED) is 0.847. The molecule has 1 heterocycles. The van der Waals surface area contributed by atoms with Gasteiger partial charge in [0.05, 0.1) is 18.0 Å². The molecule has 0 bridgehead atoms. The molecule has 0 aromatic heterocycles. The minimum absolute atomic E-state index is 0.315. The molecular weight excluding hydrogens is 243 g/mol. The molecule has 0 atom stereocenters. The third-order valence-electron chi connectivity index (χ3n) is 3.49. The van der Waals surface area contributed by atoms with Crippen LogP contribution >= 0.6 is 0 Å². The van der Waals surface area contributed by atoms with Crippen molar-refractivity contribution in [2.45, 2.75) is 39.0 Å². The third kappa shape index (κ3) is 3.52. The number of halogens is 1. The molecule has 0 radical (unpaired) electrons. The van der Waals surface area contributed by atoms with Gasteiger partial charge < -0.3 is 15.4 Å². The van der Waals surface area contributed by atoms with E-state index in [1.807, 2.05) is 6.92 Å². The minimum atomic E-state index is -0.371. The monoisotopic (exact) mass is 266 g/mol. The first-order valence-electron chi connectivity index (χ1n) is 7.19. The molecule has 0 amide bonds. The van der Waals surface area contributed by atoms with E-state index in [9.17, 15) is 4.39 Å². The number of hydrogen-bond acceptors (Lipinski definition) is 3. The molecule has 1 saturated heterocycles. The molecule has 2 rings (SSSR count). The lowest BCUT2D eigenvalue weighted by atomic mass is 10.2. The number of rotatable bonds is 4. The first kappa shape index (κ1) is 14.0. The maximum atomic E-state index is 13.8. The SMILES string of the molecule is CCCOc1cc(N2CCCCCC2)c(N)cc1F. The molecule has 0 unspecified atom stereocenters. The third-order valence-corrected chi connectivity index (χ3v) is 3.49. The lowest BCUT2D eigenvalue weighted by molar-refractivity contribution is 0.301. The molecular formula is C15H23FN2O. The van der Waals surface area contributed by atoms with Crippen molar-refractivity contribution in [3.8, 4) is 5.75 Å². The smallest absolute Gasteiger partial charge is 0.167 e. The van der Waals surface area contributed by atoms with Gasteiger partial charge in [-0.2, -0.15) is 0 Å². The van der Waals surface area contributed by atoms with Crippen LogP contribution in [0.3, 0.4) is 0 Å². The van der Waals surface area contributed by atoms with Crippen LogP contribution in [0, 0.1) is 5.82 Å². The van der Waals surface area contributed by atoms with Crippen LogP contribution in [0.5, 0.6) is 5.75 Å². The van der Waals surface area contributed by atoms with Gasteiger partial charge in [-0.15, -0.1) is 0 Å². The van der Waals surface area contributed by atoms with Crippen molar-refractivity contribution >= 4 is 11.4 Å². The molecule has 0 spiro atoms. The molecule has 1 aliphatic rings. The Morgan fingerprint density at radius 2 is 1.89 bits per heavy atom. The highest BCUT2D eigenvalue weighted by Gasteiger charge is 2.16. The van der Waals surface area contributed by atoms with Crippen LogP contribution in [0.1, 0.15) is 39.0 Å².